The smallest absolute Gasteiger partial charge is 0.191 e. The Morgan fingerprint density at radius 1 is 0.833 bits per heavy atom. The van der Waals surface area contributed by atoms with E-state index < -0.39 is 0 Å². The summed E-state index contributed by atoms with van der Waals surface area (Å²) in [7, 11) is 0. The molecule has 2 N–H and O–H groups in total. The quantitative estimate of drug-likeness (QED) is 0.241. The van der Waals surface area contributed by atoms with Gasteiger partial charge in [-0.3, -0.25) is 5.43 Å². The van der Waals surface area contributed by atoms with Gasteiger partial charge in [-0.05, 0) is 70.5 Å². The van der Waals surface area contributed by atoms with Crippen LogP contribution in [0.2, 0.25) is 0 Å². The van der Waals surface area contributed by atoms with Crippen molar-refractivity contribution in [1.29, 1.82) is 0 Å². The van der Waals surface area contributed by atoms with E-state index in [2.05, 4.69) is 52.2 Å². The molecule has 0 heterocycles. The second kappa shape index (κ2) is 9.67. The first kappa shape index (κ1) is 19.6. The maximum absolute atomic E-state index is 5.97. The maximum atomic E-state index is 5.97. The van der Waals surface area contributed by atoms with E-state index in [-0.39, 0.29) is 0 Å². The van der Waals surface area contributed by atoms with Crippen molar-refractivity contribution in [2.45, 2.75) is 6.61 Å². The highest BCUT2D eigenvalue weighted by atomic mass is 32.1. The normalized spacial score (nSPS) is 10.8. The summed E-state index contributed by atoms with van der Waals surface area (Å²) in [5.41, 5.74) is 5.85. The molecule has 0 aliphatic heterocycles. The van der Waals surface area contributed by atoms with E-state index in [1.165, 1.54) is 16.3 Å². The number of thiocarbonyl (C=S) groups is 1. The molecular formula is C25H21N3OS. The number of nitrogens with zero attached hydrogens (tertiary/aromatic N) is 1. The largest absolute Gasteiger partial charge is 0.489 e. The number of anilines is 1. The number of rotatable bonds is 6. The fourth-order valence-corrected chi connectivity index (χ4v) is 3.25. The summed E-state index contributed by atoms with van der Waals surface area (Å²) in [5, 5.41) is 10.1. The lowest BCUT2D eigenvalue weighted by Gasteiger charge is -2.09. The maximum Gasteiger partial charge on any atom is 0.191 e. The zero-order valence-electron chi connectivity index (χ0n) is 16.3. The van der Waals surface area contributed by atoms with Gasteiger partial charge in [-0.1, -0.05) is 60.7 Å². The standard InChI is InChI=1S/C25H21N3OS/c30-25(27-22-10-2-1-3-11-22)28-26-17-19-13-15-23(16-14-19)29-18-21-9-6-8-20-7-4-5-12-24(20)21/h1-17H,18H2,(H2,27,28,30). The molecule has 0 saturated carbocycles. The molecule has 0 bridgehead atoms. The Kier molecular flexibility index (Phi) is 6.32. The van der Waals surface area contributed by atoms with Gasteiger partial charge < -0.3 is 10.1 Å². The van der Waals surface area contributed by atoms with Crippen LogP contribution in [0.3, 0.4) is 0 Å². The van der Waals surface area contributed by atoms with E-state index in [0.29, 0.717) is 11.7 Å². The minimum atomic E-state index is 0.437. The van der Waals surface area contributed by atoms with Crippen LogP contribution in [0.1, 0.15) is 11.1 Å². The summed E-state index contributed by atoms with van der Waals surface area (Å²) in [6.45, 7) is 0.524. The summed E-state index contributed by atoms with van der Waals surface area (Å²) < 4.78 is 5.97. The number of hydrogen-bond acceptors (Lipinski definition) is 3. The first-order valence-corrected chi connectivity index (χ1v) is 10.0. The number of hydrogen-bond donors (Lipinski definition) is 2. The summed E-state index contributed by atoms with van der Waals surface area (Å²) in [4.78, 5) is 0. The average Bonchev–Trinajstić information content (AvgIpc) is 2.79. The number of nitrogens with one attached hydrogen (secondary N) is 2. The Bertz CT molecular complexity index is 1150. The molecule has 4 nitrogen and oxygen atoms in total. The fraction of sp³-hybridized carbons (Fsp3) is 0.0400. The highest BCUT2D eigenvalue weighted by Crippen LogP contribution is 2.20. The molecule has 0 aromatic heterocycles. The molecule has 0 radical (unpaired) electrons. The summed E-state index contributed by atoms with van der Waals surface area (Å²) >= 11 is 5.23. The summed E-state index contributed by atoms with van der Waals surface area (Å²) in [6, 6.07) is 32.1. The zero-order valence-corrected chi connectivity index (χ0v) is 17.1. The predicted octanol–water partition coefficient (Wildman–Crippen LogP) is 5.74. The number of fused-ring (bicyclic) bond motifs is 1. The predicted molar refractivity (Wildman–Crippen MR) is 128 cm³/mol. The third-order valence-corrected chi connectivity index (χ3v) is 4.76. The first-order valence-electron chi connectivity index (χ1n) is 9.62. The van der Waals surface area contributed by atoms with Gasteiger partial charge in [0.25, 0.3) is 0 Å². The monoisotopic (exact) mass is 411 g/mol. The van der Waals surface area contributed by atoms with Gasteiger partial charge in [0.2, 0.25) is 0 Å². The molecule has 5 heteroatoms. The van der Waals surface area contributed by atoms with E-state index in [0.717, 1.165) is 17.0 Å². The van der Waals surface area contributed by atoms with Crippen molar-refractivity contribution in [3.63, 3.8) is 0 Å². The fourth-order valence-electron chi connectivity index (χ4n) is 3.08. The molecule has 0 spiro atoms. The SMILES string of the molecule is S=C(NN=Cc1ccc(OCc2cccc3ccccc23)cc1)Nc1ccccc1. The lowest BCUT2D eigenvalue weighted by Crippen LogP contribution is -2.23. The Morgan fingerprint density at radius 3 is 2.40 bits per heavy atom. The van der Waals surface area contributed by atoms with Gasteiger partial charge in [0, 0.05) is 5.69 Å². The Balaban J connectivity index is 1.30. The number of para-hydroxylation sites is 1. The molecule has 0 amide bonds. The van der Waals surface area contributed by atoms with Gasteiger partial charge in [0.1, 0.15) is 12.4 Å². The molecule has 4 aromatic rings. The highest BCUT2D eigenvalue weighted by molar-refractivity contribution is 7.80. The third-order valence-electron chi connectivity index (χ3n) is 4.57. The van der Waals surface area contributed by atoms with Crippen LogP contribution in [-0.2, 0) is 6.61 Å². The molecule has 30 heavy (non-hydrogen) atoms. The Hall–Kier alpha value is -3.70. The molecule has 0 fully saturated rings. The second-order valence-corrected chi connectivity index (χ2v) is 7.09. The molecule has 4 rings (SSSR count). The summed E-state index contributed by atoms with van der Waals surface area (Å²) in [5.74, 6) is 0.814. The lowest BCUT2D eigenvalue weighted by atomic mass is 10.1. The van der Waals surface area contributed by atoms with Crippen molar-refractivity contribution in [3.05, 3.63) is 108 Å². The number of benzene rings is 4. The topological polar surface area (TPSA) is 45.7 Å². The third kappa shape index (κ3) is 5.21. The van der Waals surface area contributed by atoms with Gasteiger partial charge in [-0.2, -0.15) is 5.10 Å². The van der Waals surface area contributed by atoms with Gasteiger partial charge in [-0.25, -0.2) is 0 Å². The average molecular weight is 412 g/mol. The minimum Gasteiger partial charge on any atom is -0.489 e. The van der Waals surface area contributed by atoms with E-state index in [9.17, 15) is 0 Å². The molecular weight excluding hydrogens is 390 g/mol. The molecule has 0 unspecified atom stereocenters. The lowest BCUT2D eigenvalue weighted by molar-refractivity contribution is 0.307. The van der Waals surface area contributed by atoms with Crippen molar-refractivity contribution < 1.29 is 4.74 Å². The van der Waals surface area contributed by atoms with Crippen molar-refractivity contribution in [1.82, 2.24) is 5.43 Å². The van der Waals surface area contributed by atoms with E-state index in [4.69, 9.17) is 17.0 Å². The van der Waals surface area contributed by atoms with Crippen LogP contribution in [0.25, 0.3) is 10.8 Å². The van der Waals surface area contributed by atoms with Crippen molar-refractivity contribution in [2.24, 2.45) is 5.10 Å². The first-order chi connectivity index (χ1) is 14.8. The van der Waals surface area contributed by atoms with Crippen LogP contribution in [-0.4, -0.2) is 11.3 Å². The minimum absolute atomic E-state index is 0.437. The highest BCUT2D eigenvalue weighted by Gasteiger charge is 2.02. The van der Waals surface area contributed by atoms with Gasteiger partial charge in [-0.15, -0.1) is 0 Å². The van der Waals surface area contributed by atoms with Crippen molar-refractivity contribution in [2.75, 3.05) is 5.32 Å². The van der Waals surface area contributed by atoms with Crippen LogP contribution >= 0.6 is 12.2 Å². The van der Waals surface area contributed by atoms with Crippen LogP contribution in [0.15, 0.2) is 102 Å². The Labute approximate surface area is 181 Å². The molecule has 0 atom stereocenters. The van der Waals surface area contributed by atoms with Crippen molar-refractivity contribution in [3.8, 4) is 5.75 Å². The molecule has 0 aliphatic rings. The van der Waals surface area contributed by atoms with E-state index >= 15 is 0 Å². The van der Waals surface area contributed by atoms with Gasteiger partial charge >= 0.3 is 0 Å². The van der Waals surface area contributed by atoms with Gasteiger partial charge in [0.15, 0.2) is 5.11 Å². The van der Waals surface area contributed by atoms with Crippen LogP contribution in [0.5, 0.6) is 5.75 Å². The summed E-state index contributed by atoms with van der Waals surface area (Å²) in [6.07, 6.45) is 1.72. The second-order valence-electron chi connectivity index (χ2n) is 6.69. The van der Waals surface area contributed by atoms with Crippen LogP contribution in [0.4, 0.5) is 5.69 Å². The molecule has 4 aromatic carbocycles. The van der Waals surface area contributed by atoms with Crippen LogP contribution in [0, 0.1) is 0 Å². The molecule has 0 saturated heterocycles. The number of hydrazone groups is 1. The Morgan fingerprint density at radius 2 is 1.57 bits per heavy atom. The number of ether oxygens (including phenoxy) is 1. The van der Waals surface area contributed by atoms with E-state index in [1.54, 1.807) is 6.21 Å². The van der Waals surface area contributed by atoms with Crippen molar-refractivity contribution >= 4 is 40.0 Å². The molecule has 148 valence electrons. The van der Waals surface area contributed by atoms with Crippen LogP contribution < -0.4 is 15.5 Å². The zero-order chi connectivity index (χ0) is 20.6. The van der Waals surface area contributed by atoms with Gasteiger partial charge in [0.05, 0.1) is 6.21 Å². The van der Waals surface area contributed by atoms with E-state index in [1.807, 2.05) is 60.7 Å². The molecule has 0 aliphatic carbocycles.